The molecule has 13 heavy (non-hydrogen) atoms. The normalized spacial score (nSPS) is 15.8. The van der Waals surface area contributed by atoms with Gasteiger partial charge in [-0.15, -0.1) is 0 Å². The molecule has 1 unspecified atom stereocenters. The summed E-state index contributed by atoms with van der Waals surface area (Å²) in [5, 5.41) is 4.17. The summed E-state index contributed by atoms with van der Waals surface area (Å²) in [6, 6.07) is 1.91. The zero-order chi connectivity index (χ0) is 10.1. The molecule has 0 amide bonds. The van der Waals surface area contributed by atoms with E-state index in [4.69, 9.17) is 10.5 Å². The van der Waals surface area contributed by atoms with Gasteiger partial charge in [-0.1, -0.05) is 0 Å². The van der Waals surface area contributed by atoms with Crippen molar-refractivity contribution in [1.29, 1.82) is 0 Å². The average molecular weight is 248 g/mol. The number of hydrogen-bond donors (Lipinski definition) is 1. The van der Waals surface area contributed by atoms with Crippen LogP contribution in [0.5, 0.6) is 0 Å². The van der Waals surface area contributed by atoms with E-state index in [-0.39, 0.29) is 0 Å². The van der Waals surface area contributed by atoms with Crippen molar-refractivity contribution in [2.45, 2.75) is 12.5 Å². The first kappa shape index (κ1) is 10.7. The van der Waals surface area contributed by atoms with Crippen molar-refractivity contribution in [2.75, 3.05) is 13.7 Å². The molecular formula is C8H14BrN3O. The Labute approximate surface area is 86.2 Å². The molecule has 0 saturated heterocycles. The number of hydrogen-bond acceptors (Lipinski definition) is 3. The Bertz CT molecular complexity index is 294. The minimum Gasteiger partial charge on any atom is -0.371 e. The van der Waals surface area contributed by atoms with Gasteiger partial charge >= 0.3 is 0 Å². The number of halogens is 1. The Morgan fingerprint density at radius 1 is 1.77 bits per heavy atom. The Kier molecular flexibility index (Phi) is 3.10. The average Bonchev–Trinajstić information content (AvgIpc) is 2.44. The lowest BCUT2D eigenvalue weighted by Crippen LogP contribution is -2.35. The van der Waals surface area contributed by atoms with Crippen LogP contribution in [0.3, 0.4) is 0 Å². The lowest BCUT2D eigenvalue weighted by molar-refractivity contribution is 0.00332. The van der Waals surface area contributed by atoms with Crippen LogP contribution >= 0.6 is 15.9 Å². The summed E-state index contributed by atoms with van der Waals surface area (Å²) in [7, 11) is 3.51. The molecule has 0 aromatic carbocycles. The second-order valence-electron chi connectivity index (χ2n) is 3.12. The first-order chi connectivity index (χ1) is 6.03. The maximum atomic E-state index is 5.65. The first-order valence-electron chi connectivity index (χ1n) is 3.98. The lowest BCUT2D eigenvalue weighted by Gasteiger charge is -2.26. The summed E-state index contributed by atoms with van der Waals surface area (Å²) < 4.78 is 7.92. The van der Waals surface area contributed by atoms with Crippen LogP contribution in [0, 0.1) is 0 Å². The van der Waals surface area contributed by atoms with Crippen molar-refractivity contribution in [3.63, 3.8) is 0 Å². The summed E-state index contributed by atoms with van der Waals surface area (Å²) in [6.45, 7) is 2.37. The van der Waals surface area contributed by atoms with E-state index in [1.54, 1.807) is 11.8 Å². The number of aromatic nitrogens is 2. The Morgan fingerprint density at radius 2 is 2.38 bits per heavy atom. The summed E-state index contributed by atoms with van der Waals surface area (Å²) >= 11 is 3.31. The van der Waals surface area contributed by atoms with E-state index in [0.717, 1.165) is 10.3 Å². The SMILES string of the molecule is COC(C)(CN)c1cc(Br)nn1C. The van der Waals surface area contributed by atoms with E-state index in [1.165, 1.54) is 0 Å². The maximum Gasteiger partial charge on any atom is 0.128 e. The monoisotopic (exact) mass is 247 g/mol. The maximum absolute atomic E-state index is 5.65. The lowest BCUT2D eigenvalue weighted by atomic mass is 10.0. The fraction of sp³-hybridized carbons (Fsp3) is 0.625. The third-order valence-corrected chi connectivity index (χ3v) is 2.62. The van der Waals surface area contributed by atoms with Gasteiger partial charge in [0.2, 0.25) is 0 Å². The van der Waals surface area contributed by atoms with Crippen LogP contribution in [0.1, 0.15) is 12.6 Å². The van der Waals surface area contributed by atoms with Gasteiger partial charge in [0.05, 0.1) is 5.69 Å². The van der Waals surface area contributed by atoms with Gasteiger partial charge < -0.3 is 10.5 Å². The topological polar surface area (TPSA) is 53.1 Å². The molecular weight excluding hydrogens is 234 g/mol. The molecule has 74 valence electrons. The highest BCUT2D eigenvalue weighted by atomic mass is 79.9. The molecule has 0 aliphatic rings. The molecule has 0 aliphatic carbocycles. The second kappa shape index (κ2) is 3.77. The molecule has 0 spiro atoms. The van der Waals surface area contributed by atoms with Crippen LogP contribution in [0.25, 0.3) is 0 Å². The van der Waals surface area contributed by atoms with E-state index in [1.807, 2.05) is 20.0 Å². The van der Waals surface area contributed by atoms with Gasteiger partial charge in [0.1, 0.15) is 10.2 Å². The third kappa shape index (κ3) is 1.92. The molecule has 0 aliphatic heterocycles. The zero-order valence-corrected chi connectivity index (χ0v) is 9.63. The number of rotatable bonds is 3. The minimum atomic E-state index is -0.465. The molecule has 0 radical (unpaired) electrons. The largest absolute Gasteiger partial charge is 0.371 e. The number of aryl methyl sites for hydroxylation is 1. The highest BCUT2D eigenvalue weighted by Crippen LogP contribution is 2.25. The summed E-state index contributed by atoms with van der Waals surface area (Å²) in [4.78, 5) is 0. The van der Waals surface area contributed by atoms with Crippen LogP contribution in [-0.4, -0.2) is 23.4 Å². The molecule has 4 nitrogen and oxygen atoms in total. The van der Waals surface area contributed by atoms with Gasteiger partial charge in [0.25, 0.3) is 0 Å². The van der Waals surface area contributed by atoms with Gasteiger partial charge in [-0.3, -0.25) is 4.68 Å². The van der Waals surface area contributed by atoms with E-state index in [9.17, 15) is 0 Å². The highest BCUT2D eigenvalue weighted by Gasteiger charge is 2.28. The fourth-order valence-corrected chi connectivity index (χ4v) is 1.67. The predicted molar refractivity (Wildman–Crippen MR) is 54.3 cm³/mol. The molecule has 0 bridgehead atoms. The third-order valence-electron chi connectivity index (χ3n) is 2.23. The van der Waals surface area contributed by atoms with E-state index in [2.05, 4.69) is 21.0 Å². The predicted octanol–water partition coefficient (Wildman–Crippen LogP) is 1.00. The van der Waals surface area contributed by atoms with Crippen molar-refractivity contribution < 1.29 is 4.74 Å². The van der Waals surface area contributed by atoms with Crippen molar-refractivity contribution in [2.24, 2.45) is 12.8 Å². The van der Waals surface area contributed by atoms with Crippen molar-refractivity contribution in [1.82, 2.24) is 9.78 Å². The van der Waals surface area contributed by atoms with Crippen LogP contribution in [0.2, 0.25) is 0 Å². The van der Waals surface area contributed by atoms with Crippen LogP contribution < -0.4 is 5.73 Å². The number of ether oxygens (including phenoxy) is 1. The van der Waals surface area contributed by atoms with Gasteiger partial charge in [0, 0.05) is 20.7 Å². The molecule has 5 heteroatoms. The molecule has 1 atom stereocenters. The van der Waals surface area contributed by atoms with Crippen molar-refractivity contribution in [3.8, 4) is 0 Å². The summed E-state index contributed by atoms with van der Waals surface area (Å²) in [5.74, 6) is 0. The molecule has 0 fully saturated rings. The van der Waals surface area contributed by atoms with Crippen molar-refractivity contribution in [3.05, 3.63) is 16.4 Å². The number of methoxy groups -OCH3 is 1. The quantitative estimate of drug-likeness (QED) is 0.868. The van der Waals surface area contributed by atoms with Crippen molar-refractivity contribution >= 4 is 15.9 Å². The Balaban J connectivity index is 3.11. The van der Waals surface area contributed by atoms with E-state index >= 15 is 0 Å². The molecule has 0 saturated carbocycles. The summed E-state index contributed by atoms with van der Waals surface area (Å²) in [5.41, 5.74) is 6.14. The zero-order valence-electron chi connectivity index (χ0n) is 8.04. The second-order valence-corrected chi connectivity index (χ2v) is 3.93. The number of nitrogens with zero attached hydrogens (tertiary/aromatic N) is 2. The molecule has 1 aromatic rings. The van der Waals surface area contributed by atoms with Gasteiger partial charge in [-0.25, -0.2) is 0 Å². The fourth-order valence-electron chi connectivity index (χ4n) is 1.22. The molecule has 2 N–H and O–H groups in total. The van der Waals surface area contributed by atoms with Gasteiger partial charge in [-0.2, -0.15) is 5.10 Å². The van der Waals surface area contributed by atoms with Crippen LogP contribution in [0.4, 0.5) is 0 Å². The smallest absolute Gasteiger partial charge is 0.128 e. The highest BCUT2D eigenvalue weighted by molar-refractivity contribution is 9.10. The van der Waals surface area contributed by atoms with Gasteiger partial charge in [-0.05, 0) is 28.9 Å². The van der Waals surface area contributed by atoms with E-state index in [0.29, 0.717) is 6.54 Å². The van der Waals surface area contributed by atoms with E-state index < -0.39 is 5.60 Å². The minimum absolute atomic E-state index is 0.426. The first-order valence-corrected chi connectivity index (χ1v) is 4.78. The number of nitrogens with two attached hydrogens (primary N) is 1. The van der Waals surface area contributed by atoms with Crippen LogP contribution in [0.15, 0.2) is 10.7 Å². The Hall–Kier alpha value is -0.390. The Morgan fingerprint density at radius 3 is 2.69 bits per heavy atom. The molecule has 1 heterocycles. The molecule has 1 aromatic heterocycles. The van der Waals surface area contributed by atoms with Crippen LogP contribution in [-0.2, 0) is 17.4 Å². The molecule has 1 rings (SSSR count). The standard InChI is InChI=1S/C8H14BrN3O/c1-8(5-10,13-3)6-4-7(9)11-12(6)2/h4H,5,10H2,1-3H3. The summed E-state index contributed by atoms with van der Waals surface area (Å²) in [6.07, 6.45) is 0. The van der Waals surface area contributed by atoms with Gasteiger partial charge in [0.15, 0.2) is 0 Å².